The minimum Gasteiger partial charge on any atom is -0.502 e. The third-order valence-electron chi connectivity index (χ3n) is 2.68. The normalized spacial score (nSPS) is 16.6. The summed E-state index contributed by atoms with van der Waals surface area (Å²) in [6.45, 7) is 3.88. The van der Waals surface area contributed by atoms with Crippen LogP contribution in [0.15, 0.2) is 35.8 Å². The van der Waals surface area contributed by atoms with Crippen LogP contribution in [0.5, 0.6) is 5.75 Å². The van der Waals surface area contributed by atoms with E-state index in [1.54, 1.807) is 6.08 Å². The number of carbonyl (C=O) groups is 1. The van der Waals surface area contributed by atoms with E-state index in [4.69, 9.17) is 12.2 Å². The number of phenolic OH excluding ortho intramolecular Hbond substituents is 1. The maximum Gasteiger partial charge on any atom is 0.311 e. The molecule has 0 spiro atoms. The highest BCUT2D eigenvalue weighted by atomic mass is 32.2. The Morgan fingerprint density at radius 1 is 1.52 bits per heavy atom. The number of hydrogen-bond donors (Lipinski definition) is 1. The second kappa shape index (κ2) is 6.06. The van der Waals surface area contributed by atoms with Gasteiger partial charge in [-0.25, -0.2) is 0 Å². The van der Waals surface area contributed by atoms with Crippen LogP contribution < -0.4 is 0 Å². The van der Waals surface area contributed by atoms with Gasteiger partial charge in [0, 0.05) is 12.6 Å². The second-order valence-corrected chi connectivity index (χ2v) is 5.76. The van der Waals surface area contributed by atoms with Crippen LogP contribution >= 0.6 is 24.0 Å². The van der Waals surface area contributed by atoms with Crippen LogP contribution in [0.1, 0.15) is 5.56 Å². The standard InChI is InChI=1S/C13H10N2O4S2/c1-2-5-14-12(17)11(21-13(14)20)7-8-3-4-10(16)9(6-8)15(18)19/h2-4,6-7,16H,1,5H2. The lowest BCUT2D eigenvalue weighted by molar-refractivity contribution is -0.385. The molecule has 0 unspecified atom stereocenters. The second-order valence-electron chi connectivity index (χ2n) is 4.09. The van der Waals surface area contributed by atoms with Crippen molar-refractivity contribution in [3.05, 3.63) is 51.4 Å². The number of rotatable bonds is 4. The van der Waals surface area contributed by atoms with Crippen molar-refractivity contribution in [3.63, 3.8) is 0 Å². The molecule has 0 radical (unpaired) electrons. The van der Waals surface area contributed by atoms with Crippen molar-refractivity contribution in [3.8, 4) is 5.75 Å². The van der Waals surface area contributed by atoms with Gasteiger partial charge in [-0.15, -0.1) is 6.58 Å². The fraction of sp³-hybridized carbons (Fsp3) is 0.0769. The zero-order valence-electron chi connectivity index (χ0n) is 10.7. The van der Waals surface area contributed by atoms with E-state index in [9.17, 15) is 20.0 Å². The molecule has 0 aromatic heterocycles. The molecule has 8 heteroatoms. The molecule has 0 atom stereocenters. The highest BCUT2D eigenvalue weighted by molar-refractivity contribution is 8.26. The van der Waals surface area contributed by atoms with Gasteiger partial charge in [-0.05, 0) is 17.7 Å². The number of aromatic hydroxyl groups is 1. The number of nitrogens with zero attached hydrogens (tertiary/aromatic N) is 2. The van der Waals surface area contributed by atoms with E-state index in [1.807, 2.05) is 0 Å². The van der Waals surface area contributed by atoms with Crippen molar-refractivity contribution in [1.82, 2.24) is 4.90 Å². The van der Waals surface area contributed by atoms with Crippen molar-refractivity contribution in [1.29, 1.82) is 0 Å². The highest BCUT2D eigenvalue weighted by Crippen LogP contribution is 2.34. The lowest BCUT2D eigenvalue weighted by Gasteiger charge is -2.10. The van der Waals surface area contributed by atoms with E-state index in [1.165, 1.54) is 29.2 Å². The molecule has 1 saturated heterocycles. The van der Waals surface area contributed by atoms with Gasteiger partial charge in [0.2, 0.25) is 0 Å². The fourth-order valence-corrected chi connectivity index (χ4v) is 2.99. The number of nitro groups is 1. The van der Waals surface area contributed by atoms with Gasteiger partial charge in [-0.3, -0.25) is 19.8 Å². The average molecular weight is 322 g/mol. The number of nitro benzene ring substituents is 1. The zero-order valence-corrected chi connectivity index (χ0v) is 12.3. The average Bonchev–Trinajstić information content (AvgIpc) is 2.69. The Bertz CT molecular complexity index is 685. The first-order valence-corrected chi connectivity index (χ1v) is 7.00. The highest BCUT2D eigenvalue weighted by Gasteiger charge is 2.31. The number of amides is 1. The molecule has 1 fully saturated rings. The van der Waals surface area contributed by atoms with Gasteiger partial charge >= 0.3 is 5.69 Å². The first-order chi connectivity index (χ1) is 9.93. The maximum atomic E-state index is 12.1. The van der Waals surface area contributed by atoms with Crippen molar-refractivity contribution in [2.24, 2.45) is 0 Å². The Kier molecular flexibility index (Phi) is 4.39. The van der Waals surface area contributed by atoms with E-state index in [0.29, 0.717) is 21.3 Å². The van der Waals surface area contributed by atoms with Crippen LogP contribution in [0, 0.1) is 10.1 Å². The van der Waals surface area contributed by atoms with Crippen LogP contribution in [-0.4, -0.2) is 31.7 Å². The first-order valence-electron chi connectivity index (χ1n) is 5.77. The number of thiocarbonyl (C=S) groups is 1. The van der Waals surface area contributed by atoms with Crippen molar-refractivity contribution < 1.29 is 14.8 Å². The molecule has 2 rings (SSSR count). The summed E-state index contributed by atoms with van der Waals surface area (Å²) >= 11 is 6.22. The molecular formula is C13H10N2O4S2. The Morgan fingerprint density at radius 2 is 2.24 bits per heavy atom. The largest absolute Gasteiger partial charge is 0.502 e. The molecule has 1 N–H and O–H groups in total. The lowest BCUT2D eigenvalue weighted by atomic mass is 10.1. The molecule has 0 saturated carbocycles. The molecule has 0 aliphatic carbocycles. The van der Waals surface area contributed by atoms with Crippen LogP contribution in [-0.2, 0) is 4.79 Å². The molecule has 1 aliphatic heterocycles. The lowest BCUT2D eigenvalue weighted by Crippen LogP contribution is -2.27. The summed E-state index contributed by atoms with van der Waals surface area (Å²) in [5.74, 6) is -0.683. The summed E-state index contributed by atoms with van der Waals surface area (Å²) in [7, 11) is 0. The molecule has 1 heterocycles. The monoisotopic (exact) mass is 322 g/mol. The van der Waals surface area contributed by atoms with Crippen molar-refractivity contribution >= 4 is 46.0 Å². The molecule has 0 bridgehead atoms. The van der Waals surface area contributed by atoms with E-state index in [2.05, 4.69) is 6.58 Å². The van der Waals surface area contributed by atoms with Crippen LogP contribution in [0.2, 0.25) is 0 Å². The topological polar surface area (TPSA) is 83.7 Å². The number of thioether (sulfide) groups is 1. The summed E-state index contributed by atoms with van der Waals surface area (Å²) < 4.78 is 0.416. The Hall–Kier alpha value is -2.19. The van der Waals surface area contributed by atoms with Gasteiger partial charge in [-0.1, -0.05) is 36.1 Å². The van der Waals surface area contributed by atoms with Crippen LogP contribution in [0.3, 0.4) is 0 Å². The Labute approximate surface area is 129 Å². The molecule has 1 aromatic rings. The van der Waals surface area contributed by atoms with Gasteiger partial charge in [0.25, 0.3) is 5.91 Å². The summed E-state index contributed by atoms with van der Waals surface area (Å²) in [5.41, 5.74) is 0.0314. The van der Waals surface area contributed by atoms with E-state index in [-0.39, 0.29) is 5.91 Å². The SMILES string of the molecule is C=CCN1C(=O)C(=Cc2ccc(O)c([N+](=O)[O-])c2)SC1=S. The Balaban J connectivity index is 2.35. The van der Waals surface area contributed by atoms with Gasteiger partial charge in [0.05, 0.1) is 9.83 Å². The van der Waals surface area contributed by atoms with Crippen LogP contribution in [0.4, 0.5) is 5.69 Å². The molecule has 1 aliphatic rings. The van der Waals surface area contributed by atoms with Gasteiger partial charge in [0.15, 0.2) is 5.75 Å². The fourth-order valence-electron chi connectivity index (χ4n) is 1.71. The van der Waals surface area contributed by atoms with Gasteiger partial charge in [0.1, 0.15) is 4.32 Å². The summed E-state index contributed by atoms with van der Waals surface area (Å²) in [6.07, 6.45) is 3.08. The van der Waals surface area contributed by atoms with E-state index >= 15 is 0 Å². The Morgan fingerprint density at radius 3 is 2.86 bits per heavy atom. The summed E-state index contributed by atoms with van der Waals surface area (Å²) in [6, 6.07) is 3.91. The van der Waals surface area contributed by atoms with Crippen LogP contribution in [0.25, 0.3) is 6.08 Å². The van der Waals surface area contributed by atoms with E-state index < -0.39 is 16.4 Å². The molecule has 108 valence electrons. The molecule has 21 heavy (non-hydrogen) atoms. The quantitative estimate of drug-likeness (QED) is 0.302. The number of phenols is 1. The van der Waals surface area contributed by atoms with Gasteiger partial charge in [-0.2, -0.15) is 0 Å². The molecule has 1 amide bonds. The number of carbonyl (C=O) groups excluding carboxylic acids is 1. The maximum absolute atomic E-state index is 12.1. The molecule has 1 aromatic carbocycles. The third-order valence-corrected chi connectivity index (χ3v) is 4.06. The molecule has 6 nitrogen and oxygen atoms in total. The zero-order chi connectivity index (χ0) is 15.6. The van der Waals surface area contributed by atoms with Crippen molar-refractivity contribution in [2.75, 3.05) is 6.54 Å². The number of hydrogen-bond acceptors (Lipinski definition) is 6. The van der Waals surface area contributed by atoms with Gasteiger partial charge < -0.3 is 5.11 Å². The van der Waals surface area contributed by atoms with Crippen molar-refractivity contribution in [2.45, 2.75) is 0 Å². The smallest absolute Gasteiger partial charge is 0.311 e. The number of benzene rings is 1. The minimum atomic E-state index is -0.685. The third kappa shape index (κ3) is 3.11. The first kappa shape index (κ1) is 15.2. The minimum absolute atomic E-state index is 0.263. The summed E-state index contributed by atoms with van der Waals surface area (Å²) in [4.78, 5) is 24.0. The predicted molar refractivity (Wildman–Crippen MR) is 84.8 cm³/mol. The van der Waals surface area contributed by atoms with E-state index in [0.717, 1.165) is 11.8 Å². The molecular weight excluding hydrogens is 312 g/mol. The summed E-state index contributed by atoms with van der Waals surface area (Å²) in [5, 5.41) is 20.2. The predicted octanol–water partition coefficient (Wildman–Crippen LogP) is 2.69.